The number of benzene rings is 2. The number of aromatic nitrogens is 7. The third-order valence-electron chi connectivity index (χ3n) is 15.0. The first-order chi connectivity index (χ1) is 43.2. The summed E-state index contributed by atoms with van der Waals surface area (Å²) in [6.45, 7) is 4.35. The van der Waals surface area contributed by atoms with Gasteiger partial charge in [-0.3, -0.25) is 28.8 Å². The number of nitrogens with one attached hydrogen (secondary N) is 3. The Bertz CT molecular complexity index is 4160. The number of nitrogens with zero attached hydrogens (tertiary/aromatic N) is 9. The predicted octanol–water partition coefficient (Wildman–Crippen LogP) is 7.96. The Morgan fingerprint density at radius 2 is 1.39 bits per heavy atom. The number of ether oxygens (including phenoxy) is 1. The Balaban J connectivity index is 1.02. The van der Waals surface area contributed by atoms with Crippen LogP contribution in [0.25, 0.3) is 43.4 Å². The number of aliphatic hydroxyl groups is 1. The normalized spacial score (nSPS) is 19.2. The van der Waals surface area contributed by atoms with Gasteiger partial charge in [0.05, 0.1) is 36.2 Å². The van der Waals surface area contributed by atoms with Crippen LogP contribution in [-0.4, -0.2) is 142 Å². The molecular formula is C60H58N14O10S6. The molecule has 0 spiro atoms. The molecule has 11 rings (SSSR count). The van der Waals surface area contributed by atoms with Crippen LogP contribution in [0.2, 0.25) is 0 Å². The van der Waals surface area contributed by atoms with Gasteiger partial charge in [0.15, 0.2) is 5.78 Å². The number of Topliss-reactive ketones (excluding diaryl/α,β-unsaturated/α-hetero) is 1. The molecule has 2 aliphatic heterocycles. The molecule has 30 heteroatoms. The van der Waals surface area contributed by atoms with Crippen molar-refractivity contribution in [2.24, 2.45) is 17.4 Å². The standard InChI is InChI=1S/C60H58N14O10S6/c1-28-44(77)22-74-48(28)58-71-42(27-89-58)56-67-38(23-87-56)47-33(15-16-35(64-47)55-68-39(24-88-55)50(62)79)53-69-40(25-85-53)51(80)65-36(21-45(61)78)57-72-46(29(2)90-57)43(76)20-34(49(31-9-6-5-7-10-31)84-60(83)63-17-8-18-73(3)4)54-70-41(26-86-54)52(81)66-37(59(74)82)19-30-11-13-32(75)14-12-30/h5-7,9-16,23-28,34,36-37,44,48-49,75,77H,8,17-22H2,1-4H3,(H2,61,78)(H2,62,79)(H,63,83)(H,65,80)(H,66,81)/t28-,34-,36-,37-,44-,48-,49+/m0/s1. The van der Waals surface area contributed by atoms with Gasteiger partial charge >= 0.3 is 6.09 Å². The number of thiazole rings is 6. The third-order valence-corrected chi connectivity index (χ3v) is 20.6. The Morgan fingerprint density at radius 1 is 0.733 bits per heavy atom. The SMILES string of the molecule is Cc1sc2nc1C(=O)C[C@@H]([C@H](OC(=O)NCCCN(C)C)c1ccccc1)c1nc(cs1)C(=O)N[C@@H](Cc1ccc(O)cc1)C(=O)N1C[C@H](O)[C@H](C)[C@H]1c1nc(cs1)-c1nc(cs1)-c1nc(-c3nc(C(N)=O)cs3)ccc1-c1nc(cs1)C(=O)N[C@H]2CC(N)=O. The number of hydrogen-bond acceptors (Lipinski definition) is 24. The summed E-state index contributed by atoms with van der Waals surface area (Å²) in [5.74, 6) is -5.56. The largest absolute Gasteiger partial charge is 0.508 e. The lowest BCUT2D eigenvalue weighted by molar-refractivity contribution is -0.134. The molecule has 0 unspecified atom stereocenters. The minimum absolute atomic E-state index is 0.000481. The number of pyridine rings is 1. The zero-order valence-electron chi connectivity index (χ0n) is 48.5. The fraction of sp³-hybridized carbons (Fsp3) is 0.300. The summed E-state index contributed by atoms with van der Waals surface area (Å²) < 4.78 is 6.26. The number of primary amides is 2. The summed E-state index contributed by atoms with van der Waals surface area (Å²) in [6.07, 6.45) is -3.14. The Morgan fingerprint density at radius 3 is 2.12 bits per heavy atom. The first-order valence-electron chi connectivity index (χ1n) is 28.2. The summed E-state index contributed by atoms with van der Waals surface area (Å²) in [5, 5.41) is 40.7. The van der Waals surface area contributed by atoms with Crippen molar-refractivity contribution in [3.05, 3.63) is 147 Å². The highest BCUT2D eigenvalue weighted by atomic mass is 32.1. The smallest absolute Gasteiger partial charge is 0.407 e. The molecule has 6 amide bonds. The molecule has 90 heavy (non-hydrogen) atoms. The number of rotatable bonds is 13. The molecule has 7 aromatic heterocycles. The van der Waals surface area contributed by atoms with Crippen LogP contribution in [0.3, 0.4) is 0 Å². The fourth-order valence-electron chi connectivity index (χ4n) is 10.4. The zero-order valence-corrected chi connectivity index (χ0v) is 53.4. The second kappa shape index (κ2) is 27.2. The van der Waals surface area contributed by atoms with E-state index in [1.807, 2.05) is 25.9 Å². The van der Waals surface area contributed by atoms with Crippen molar-refractivity contribution in [2.75, 3.05) is 33.7 Å². The fourth-order valence-corrected chi connectivity index (χ4v) is 15.8. The molecule has 0 saturated carbocycles. The number of amides is 6. The van der Waals surface area contributed by atoms with E-state index in [1.165, 1.54) is 61.8 Å². The number of carbonyl (C=O) groups excluding carboxylic acids is 7. The molecular weight excluding hydrogens is 1270 g/mol. The highest BCUT2D eigenvalue weighted by Crippen LogP contribution is 2.44. The second-order valence-electron chi connectivity index (χ2n) is 21.7. The van der Waals surface area contributed by atoms with Gasteiger partial charge in [0.1, 0.15) is 87.8 Å². The predicted molar refractivity (Wildman–Crippen MR) is 341 cm³/mol. The van der Waals surface area contributed by atoms with E-state index in [4.69, 9.17) is 46.1 Å². The minimum Gasteiger partial charge on any atom is -0.508 e. The number of aryl methyl sites for hydroxylation is 1. The minimum atomic E-state index is -1.26. The Kier molecular flexibility index (Phi) is 19.1. The number of phenols is 1. The maximum atomic E-state index is 15.3. The lowest BCUT2D eigenvalue weighted by Gasteiger charge is -2.29. The zero-order chi connectivity index (χ0) is 63.5. The van der Waals surface area contributed by atoms with Crippen molar-refractivity contribution in [3.8, 4) is 49.1 Å². The van der Waals surface area contributed by atoms with E-state index in [1.54, 1.807) is 77.7 Å². The Labute approximate surface area is 538 Å². The van der Waals surface area contributed by atoms with Crippen LogP contribution in [0.5, 0.6) is 5.75 Å². The number of alkyl carbamates (subject to hydrolysis) is 1. The number of ketones is 1. The van der Waals surface area contributed by atoms with Crippen LogP contribution in [0, 0.1) is 12.8 Å². The van der Waals surface area contributed by atoms with Gasteiger partial charge in [0.25, 0.3) is 17.7 Å². The van der Waals surface area contributed by atoms with Gasteiger partial charge in [-0.1, -0.05) is 49.4 Å². The van der Waals surface area contributed by atoms with Crippen molar-refractivity contribution in [1.29, 1.82) is 0 Å². The number of aromatic hydroxyl groups is 1. The Hall–Kier alpha value is -8.62. The highest BCUT2D eigenvalue weighted by molar-refractivity contribution is 7.15. The molecule has 0 aliphatic carbocycles. The molecule has 9 heterocycles. The van der Waals surface area contributed by atoms with Crippen molar-refractivity contribution in [2.45, 2.75) is 75.8 Å². The van der Waals surface area contributed by atoms with Gasteiger partial charge in [-0.2, -0.15) is 0 Å². The summed E-state index contributed by atoms with van der Waals surface area (Å²) in [7, 11) is 3.83. The molecule has 10 bridgehead atoms. The lowest BCUT2D eigenvalue weighted by Crippen LogP contribution is -2.50. The first kappa shape index (κ1) is 63.0. The molecule has 7 atom stereocenters. The number of nitrogens with two attached hydrogens (primary N) is 2. The van der Waals surface area contributed by atoms with E-state index in [2.05, 4.69) is 20.9 Å². The van der Waals surface area contributed by atoms with Crippen LogP contribution in [0.1, 0.15) is 123 Å². The summed E-state index contributed by atoms with van der Waals surface area (Å²) in [4.78, 5) is 136. The highest BCUT2D eigenvalue weighted by Gasteiger charge is 2.46. The number of aliphatic hydroxyl groups excluding tert-OH is 1. The van der Waals surface area contributed by atoms with Gasteiger partial charge in [0, 0.05) is 69.2 Å². The maximum absolute atomic E-state index is 15.3. The second-order valence-corrected chi connectivity index (χ2v) is 27.3. The van der Waals surface area contributed by atoms with Crippen LogP contribution in [0.4, 0.5) is 4.79 Å². The van der Waals surface area contributed by atoms with Gasteiger partial charge in [-0.15, -0.1) is 68.0 Å². The van der Waals surface area contributed by atoms with E-state index in [9.17, 15) is 34.2 Å². The van der Waals surface area contributed by atoms with Crippen LogP contribution >= 0.6 is 68.0 Å². The quantitative estimate of drug-likeness (QED) is 0.0538. The van der Waals surface area contributed by atoms with Crippen molar-refractivity contribution in [1.82, 2.24) is 60.6 Å². The number of phenolic OH excluding ortho intramolecular Hbond substituents is 1. The van der Waals surface area contributed by atoms with Gasteiger partial charge < -0.3 is 52.2 Å². The average Bonchev–Trinajstić information content (AvgIpc) is 1.72. The maximum Gasteiger partial charge on any atom is 0.407 e. The van der Waals surface area contributed by atoms with Crippen molar-refractivity contribution < 1.29 is 48.5 Å². The van der Waals surface area contributed by atoms with Crippen LogP contribution < -0.4 is 27.4 Å². The lowest BCUT2D eigenvalue weighted by atomic mass is 9.90. The van der Waals surface area contributed by atoms with Crippen molar-refractivity contribution >= 4 is 109 Å². The molecule has 24 nitrogen and oxygen atoms in total. The molecule has 9 aromatic rings. The van der Waals surface area contributed by atoms with E-state index in [0.717, 1.165) is 34.0 Å². The van der Waals surface area contributed by atoms with Crippen molar-refractivity contribution in [3.63, 3.8) is 0 Å². The van der Waals surface area contributed by atoms with Crippen LogP contribution in [0.15, 0.2) is 93.6 Å². The third kappa shape index (κ3) is 14.0. The monoisotopic (exact) mass is 1330 g/mol. The van der Waals surface area contributed by atoms with Gasteiger partial charge in [-0.25, -0.2) is 39.7 Å². The summed E-state index contributed by atoms with van der Waals surface area (Å²) >= 11 is 6.97. The van der Waals surface area contributed by atoms with E-state index in [0.29, 0.717) is 77.3 Å². The molecule has 9 N–H and O–H groups in total. The molecule has 2 aromatic carbocycles. The van der Waals surface area contributed by atoms with Crippen LogP contribution in [-0.2, 0) is 20.7 Å². The number of carbonyl (C=O) groups is 7. The molecule has 2 aliphatic rings. The summed E-state index contributed by atoms with van der Waals surface area (Å²) in [5.41, 5.74) is 14.5. The van der Waals surface area contributed by atoms with Gasteiger partial charge in [-0.05, 0) is 69.4 Å². The molecule has 1 fully saturated rings. The van der Waals surface area contributed by atoms with E-state index in [-0.39, 0.29) is 64.5 Å². The number of hydrogen-bond donors (Lipinski definition) is 7. The first-order valence-corrected chi connectivity index (χ1v) is 33.4. The number of fused-ring (bicyclic) bond motifs is 16. The molecule has 0 radical (unpaired) electrons. The van der Waals surface area contributed by atoms with Gasteiger partial charge in [0.2, 0.25) is 11.8 Å². The molecule has 1 saturated heterocycles. The summed E-state index contributed by atoms with van der Waals surface area (Å²) in [6, 6.07) is 15.3. The van der Waals surface area contributed by atoms with E-state index >= 15 is 9.59 Å². The van der Waals surface area contributed by atoms with E-state index < -0.39 is 90.0 Å². The average molecular weight is 1330 g/mol. The topological polar surface area (TPSA) is 354 Å². The molecule has 464 valence electrons.